The molecule has 2 unspecified atom stereocenters. The average Bonchev–Trinajstić information content (AvgIpc) is 3.70. The number of fused-ring (bicyclic) bond motifs is 7. The third-order valence-electron chi connectivity index (χ3n) is 11.0. The number of imidazole rings is 1. The van der Waals surface area contributed by atoms with Crippen molar-refractivity contribution in [3.63, 3.8) is 0 Å². The average molecular weight is 647 g/mol. The van der Waals surface area contributed by atoms with Crippen molar-refractivity contribution < 1.29 is 0 Å². The molecule has 0 radical (unpaired) electrons. The molecule has 4 nitrogen and oxygen atoms in total. The first-order chi connectivity index (χ1) is 24.7. The third-order valence-corrected chi connectivity index (χ3v) is 11.0. The van der Waals surface area contributed by atoms with Gasteiger partial charge in [-0.3, -0.25) is 4.57 Å². The van der Waals surface area contributed by atoms with Crippen LogP contribution < -0.4 is 4.90 Å². The second kappa shape index (κ2) is 11.3. The SMILES string of the molecule is CC1(c2nc3ccccc3n2-c2ccccc2)C=CCC(N2C3=C(CCC=C3)c3c(n(-c4ccccc4)c4ccccc34)-c3ccccc32)C1. The lowest BCUT2D eigenvalue weighted by Gasteiger charge is -2.42. The fraction of sp³-hybridized carbons (Fsp3) is 0.152. The molecule has 5 aromatic carbocycles. The van der Waals surface area contributed by atoms with Gasteiger partial charge in [0.25, 0.3) is 0 Å². The molecule has 0 spiro atoms. The summed E-state index contributed by atoms with van der Waals surface area (Å²) in [6.07, 6.45) is 13.6. The molecule has 2 aliphatic carbocycles. The van der Waals surface area contributed by atoms with Crippen LogP contribution in [0, 0.1) is 0 Å². The monoisotopic (exact) mass is 646 g/mol. The van der Waals surface area contributed by atoms with Crippen molar-refractivity contribution in [2.45, 2.75) is 44.1 Å². The predicted octanol–water partition coefficient (Wildman–Crippen LogP) is 11.2. The second-order valence-corrected chi connectivity index (χ2v) is 14.1. The Balaban J connectivity index is 1.19. The summed E-state index contributed by atoms with van der Waals surface area (Å²) in [6.45, 7) is 2.39. The maximum absolute atomic E-state index is 5.38. The molecule has 0 amide bonds. The Labute approximate surface area is 292 Å². The van der Waals surface area contributed by atoms with Crippen LogP contribution >= 0.6 is 0 Å². The van der Waals surface area contributed by atoms with Crippen molar-refractivity contribution in [1.82, 2.24) is 14.1 Å². The van der Waals surface area contributed by atoms with Gasteiger partial charge in [-0.25, -0.2) is 4.98 Å². The van der Waals surface area contributed by atoms with Crippen LogP contribution in [0.3, 0.4) is 0 Å². The number of rotatable bonds is 4. The molecule has 3 heterocycles. The molecule has 0 bridgehead atoms. The Hall–Kier alpha value is -5.87. The van der Waals surface area contributed by atoms with Crippen LogP contribution in [-0.2, 0) is 5.41 Å². The van der Waals surface area contributed by atoms with Crippen LogP contribution in [0.5, 0.6) is 0 Å². The van der Waals surface area contributed by atoms with Crippen LogP contribution in [0.2, 0.25) is 0 Å². The van der Waals surface area contributed by atoms with E-state index in [1.165, 1.54) is 50.4 Å². The molecule has 4 heteroatoms. The number of para-hydroxylation sites is 6. The van der Waals surface area contributed by atoms with Gasteiger partial charge in [-0.15, -0.1) is 0 Å². The van der Waals surface area contributed by atoms with E-state index in [2.05, 4.69) is 179 Å². The Morgan fingerprint density at radius 3 is 2.18 bits per heavy atom. The summed E-state index contributed by atoms with van der Waals surface area (Å²) in [5.41, 5.74) is 13.4. The molecule has 2 atom stereocenters. The first-order valence-electron chi connectivity index (χ1n) is 17.9. The van der Waals surface area contributed by atoms with Gasteiger partial charge in [0.2, 0.25) is 0 Å². The number of benzene rings is 5. The number of nitrogens with zero attached hydrogens (tertiary/aromatic N) is 4. The summed E-state index contributed by atoms with van der Waals surface area (Å²) in [5, 5.41) is 1.32. The van der Waals surface area contributed by atoms with Crippen molar-refractivity contribution in [1.29, 1.82) is 0 Å². The lowest BCUT2D eigenvalue weighted by atomic mass is 9.76. The molecular weight excluding hydrogens is 609 g/mol. The van der Waals surface area contributed by atoms with E-state index in [-0.39, 0.29) is 11.5 Å². The molecule has 50 heavy (non-hydrogen) atoms. The van der Waals surface area contributed by atoms with Gasteiger partial charge in [0.15, 0.2) is 0 Å². The molecule has 0 fully saturated rings. The molecule has 1 aliphatic heterocycles. The first-order valence-corrected chi connectivity index (χ1v) is 17.9. The van der Waals surface area contributed by atoms with E-state index in [1.807, 2.05) is 0 Å². The zero-order valence-corrected chi connectivity index (χ0v) is 28.2. The zero-order valence-electron chi connectivity index (χ0n) is 28.2. The molecule has 10 rings (SSSR count). The van der Waals surface area contributed by atoms with Crippen LogP contribution in [0.15, 0.2) is 163 Å². The predicted molar refractivity (Wildman–Crippen MR) is 207 cm³/mol. The molecule has 7 aromatic rings. The van der Waals surface area contributed by atoms with E-state index in [0.717, 1.165) is 48.2 Å². The number of allylic oxidation sites excluding steroid dienone is 4. The van der Waals surface area contributed by atoms with Crippen LogP contribution in [0.25, 0.3) is 50.1 Å². The van der Waals surface area contributed by atoms with Gasteiger partial charge < -0.3 is 9.47 Å². The summed E-state index contributed by atoms with van der Waals surface area (Å²) < 4.78 is 4.89. The minimum Gasteiger partial charge on any atom is -0.337 e. The van der Waals surface area contributed by atoms with E-state index in [4.69, 9.17) is 4.98 Å². The largest absolute Gasteiger partial charge is 0.337 e. The smallest absolute Gasteiger partial charge is 0.124 e. The first kappa shape index (κ1) is 29.1. The molecule has 242 valence electrons. The van der Waals surface area contributed by atoms with Gasteiger partial charge >= 0.3 is 0 Å². The molecule has 0 N–H and O–H groups in total. The highest BCUT2D eigenvalue weighted by molar-refractivity contribution is 6.07. The molecule has 3 aliphatic rings. The van der Waals surface area contributed by atoms with Gasteiger partial charge in [0, 0.05) is 45.0 Å². The van der Waals surface area contributed by atoms with Crippen LogP contribution in [0.1, 0.15) is 44.0 Å². The second-order valence-electron chi connectivity index (χ2n) is 14.1. The van der Waals surface area contributed by atoms with Crippen molar-refractivity contribution in [2.75, 3.05) is 4.90 Å². The third kappa shape index (κ3) is 4.34. The minimum absolute atomic E-state index is 0.225. The number of aromatic nitrogens is 3. The normalized spacial score (nSPS) is 19.8. The molecule has 0 saturated carbocycles. The zero-order chi connectivity index (χ0) is 33.2. The Morgan fingerprint density at radius 1 is 0.680 bits per heavy atom. The maximum atomic E-state index is 5.38. The topological polar surface area (TPSA) is 26.0 Å². The van der Waals surface area contributed by atoms with E-state index in [9.17, 15) is 0 Å². The van der Waals surface area contributed by atoms with Crippen LogP contribution in [0.4, 0.5) is 5.69 Å². The Bertz CT molecular complexity index is 2510. The van der Waals surface area contributed by atoms with Gasteiger partial charge in [0.05, 0.1) is 27.9 Å². The summed E-state index contributed by atoms with van der Waals surface area (Å²) in [4.78, 5) is 8.07. The van der Waals surface area contributed by atoms with Gasteiger partial charge in [-0.2, -0.15) is 0 Å². The quantitative estimate of drug-likeness (QED) is 0.178. The standard InChI is InChI=1S/C46H38N4/c1-46(45-47-38-25-11-15-29-42(38)50(45)33-19-6-3-7-20-33)30-16-21-34(31-46)48-39-26-12-8-22-35(39)43-36-23-9-13-27-40(36)49(32-17-4-2-5-18-32)44(43)37-24-10-14-28-41(37)48/h2-7,9-20,23-30,34H,8,21-22,31H2,1H3. The van der Waals surface area contributed by atoms with Crippen LogP contribution in [-0.4, -0.2) is 20.2 Å². The summed E-state index contributed by atoms with van der Waals surface area (Å²) >= 11 is 0. The molecular formula is C46H38N4. The Kier molecular flexibility index (Phi) is 6.60. The summed E-state index contributed by atoms with van der Waals surface area (Å²) in [7, 11) is 0. The Morgan fingerprint density at radius 2 is 1.36 bits per heavy atom. The van der Waals surface area contributed by atoms with E-state index in [0.29, 0.717) is 0 Å². The minimum atomic E-state index is -0.295. The lowest BCUT2D eigenvalue weighted by molar-refractivity contribution is 0.415. The maximum Gasteiger partial charge on any atom is 0.124 e. The van der Waals surface area contributed by atoms with Gasteiger partial charge in [-0.05, 0) is 92.8 Å². The highest BCUT2D eigenvalue weighted by atomic mass is 15.2. The lowest BCUT2D eigenvalue weighted by Crippen LogP contribution is -2.42. The fourth-order valence-corrected chi connectivity index (χ4v) is 8.92. The molecule has 2 aromatic heterocycles. The summed E-state index contributed by atoms with van der Waals surface area (Å²) in [6, 6.07) is 48.5. The highest BCUT2D eigenvalue weighted by Crippen LogP contribution is 2.52. The van der Waals surface area contributed by atoms with E-state index in [1.54, 1.807) is 0 Å². The fourth-order valence-electron chi connectivity index (χ4n) is 8.92. The van der Waals surface area contributed by atoms with Gasteiger partial charge in [-0.1, -0.05) is 103 Å². The van der Waals surface area contributed by atoms with E-state index >= 15 is 0 Å². The number of hydrogen-bond acceptors (Lipinski definition) is 2. The number of hydrogen-bond donors (Lipinski definition) is 0. The molecule has 0 saturated heterocycles. The highest BCUT2D eigenvalue weighted by Gasteiger charge is 2.41. The van der Waals surface area contributed by atoms with Crippen molar-refractivity contribution in [2.24, 2.45) is 0 Å². The van der Waals surface area contributed by atoms with Crippen molar-refractivity contribution in [3.8, 4) is 22.6 Å². The van der Waals surface area contributed by atoms with Gasteiger partial charge in [0.1, 0.15) is 5.82 Å². The number of anilines is 1. The van der Waals surface area contributed by atoms with E-state index < -0.39 is 0 Å². The summed E-state index contributed by atoms with van der Waals surface area (Å²) in [5.74, 6) is 1.09. The van der Waals surface area contributed by atoms with Crippen molar-refractivity contribution >= 4 is 33.2 Å². The van der Waals surface area contributed by atoms with Crippen molar-refractivity contribution in [3.05, 3.63) is 175 Å².